The number of hydrogen-bond donors (Lipinski definition) is 1. The highest BCUT2D eigenvalue weighted by Crippen LogP contribution is 2.39. The molecular formula is C8H17NS2. The zero-order valence-corrected chi connectivity index (χ0v) is 9.15. The van der Waals surface area contributed by atoms with E-state index in [1.807, 2.05) is 21.6 Å². The van der Waals surface area contributed by atoms with Gasteiger partial charge < -0.3 is 5.73 Å². The van der Waals surface area contributed by atoms with Gasteiger partial charge in [0.15, 0.2) is 0 Å². The van der Waals surface area contributed by atoms with E-state index in [1.165, 1.54) is 5.57 Å². The molecule has 66 valence electrons. The van der Waals surface area contributed by atoms with Crippen LogP contribution in [0.1, 0.15) is 20.8 Å². The van der Waals surface area contributed by atoms with Gasteiger partial charge in [-0.2, -0.15) is 0 Å². The van der Waals surface area contributed by atoms with Gasteiger partial charge in [0.25, 0.3) is 0 Å². The minimum atomic E-state index is 0.180. The van der Waals surface area contributed by atoms with Crippen LogP contribution in [-0.4, -0.2) is 17.0 Å². The Hall–Kier alpha value is 0.400. The standard InChI is InChI=1S/C8H17NS2/c1-7(2)8(3,4)11-10-6-5-9/h1,5-6,9H2,2-4H3. The van der Waals surface area contributed by atoms with Crippen molar-refractivity contribution >= 4 is 21.6 Å². The van der Waals surface area contributed by atoms with Crippen LogP contribution in [-0.2, 0) is 0 Å². The molecule has 0 bridgehead atoms. The van der Waals surface area contributed by atoms with Gasteiger partial charge in [0.2, 0.25) is 0 Å². The highest BCUT2D eigenvalue weighted by Gasteiger charge is 2.18. The summed E-state index contributed by atoms with van der Waals surface area (Å²) in [6.45, 7) is 11.1. The zero-order valence-electron chi connectivity index (χ0n) is 7.52. The van der Waals surface area contributed by atoms with Gasteiger partial charge in [-0.25, -0.2) is 0 Å². The van der Waals surface area contributed by atoms with E-state index < -0.39 is 0 Å². The minimum absolute atomic E-state index is 0.180. The van der Waals surface area contributed by atoms with Gasteiger partial charge in [-0.05, 0) is 20.8 Å². The van der Waals surface area contributed by atoms with Gasteiger partial charge in [-0.3, -0.25) is 0 Å². The third-order valence-corrected chi connectivity index (χ3v) is 4.89. The van der Waals surface area contributed by atoms with Crippen LogP contribution >= 0.6 is 21.6 Å². The first-order valence-corrected chi connectivity index (χ1v) is 5.99. The number of hydrogen-bond acceptors (Lipinski definition) is 3. The van der Waals surface area contributed by atoms with Gasteiger partial charge in [0, 0.05) is 17.0 Å². The summed E-state index contributed by atoms with van der Waals surface area (Å²) in [6.07, 6.45) is 0. The van der Waals surface area contributed by atoms with Crippen molar-refractivity contribution in [3.63, 3.8) is 0 Å². The molecule has 0 aromatic heterocycles. The average molecular weight is 191 g/mol. The van der Waals surface area contributed by atoms with E-state index in [0.717, 1.165) is 12.3 Å². The maximum Gasteiger partial charge on any atom is 0.0410 e. The second kappa shape index (κ2) is 5.12. The maximum atomic E-state index is 5.38. The second-order valence-corrected chi connectivity index (χ2v) is 6.02. The molecule has 0 aromatic carbocycles. The van der Waals surface area contributed by atoms with Gasteiger partial charge in [0.05, 0.1) is 0 Å². The molecule has 2 N–H and O–H groups in total. The van der Waals surface area contributed by atoms with Crippen LogP contribution in [0.25, 0.3) is 0 Å². The molecular weight excluding hydrogens is 174 g/mol. The van der Waals surface area contributed by atoms with E-state index in [0.29, 0.717) is 0 Å². The van der Waals surface area contributed by atoms with Crippen LogP contribution < -0.4 is 5.73 Å². The molecule has 0 saturated heterocycles. The van der Waals surface area contributed by atoms with Crippen LogP contribution in [0.5, 0.6) is 0 Å². The molecule has 0 amide bonds. The van der Waals surface area contributed by atoms with E-state index >= 15 is 0 Å². The molecule has 0 rings (SSSR count). The van der Waals surface area contributed by atoms with Crippen molar-refractivity contribution in [2.24, 2.45) is 5.73 Å². The number of rotatable bonds is 5. The predicted octanol–water partition coefficient (Wildman–Crippen LogP) is 2.68. The Bertz CT molecular complexity index is 132. The quantitative estimate of drug-likeness (QED) is 0.411. The molecule has 0 aromatic rings. The Morgan fingerprint density at radius 1 is 1.55 bits per heavy atom. The summed E-state index contributed by atoms with van der Waals surface area (Å²) in [6, 6.07) is 0. The summed E-state index contributed by atoms with van der Waals surface area (Å²) >= 11 is 0. The molecule has 0 fully saturated rings. The van der Waals surface area contributed by atoms with Crippen molar-refractivity contribution in [1.29, 1.82) is 0 Å². The topological polar surface area (TPSA) is 26.0 Å². The fourth-order valence-corrected chi connectivity index (χ4v) is 2.77. The van der Waals surface area contributed by atoms with Crippen molar-refractivity contribution in [1.82, 2.24) is 0 Å². The Balaban J connectivity index is 3.64. The predicted molar refractivity (Wildman–Crippen MR) is 58.0 cm³/mol. The Morgan fingerprint density at radius 2 is 2.09 bits per heavy atom. The monoisotopic (exact) mass is 191 g/mol. The lowest BCUT2D eigenvalue weighted by Gasteiger charge is -2.23. The van der Waals surface area contributed by atoms with Crippen LogP contribution in [0.15, 0.2) is 12.2 Å². The molecule has 3 heteroatoms. The van der Waals surface area contributed by atoms with Crippen molar-refractivity contribution in [3.05, 3.63) is 12.2 Å². The zero-order chi connectivity index (χ0) is 8.91. The SMILES string of the molecule is C=C(C)C(C)(C)SSCCN. The molecule has 0 heterocycles. The Labute approximate surface area is 77.6 Å². The summed E-state index contributed by atoms with van der Waals surface area (Å²) < 4.78 is 0.180. The summed E-state index contributed by atoms with van der Waals surface area (Å²) in [5.41, 5.74) is 6.59. The van der Waals surface area contributed by atoms with Gasteiger partial charge in [0.1, 0.15) is 0 Å². The number of nitrogens with two attached hydrogens (primary N) is 1. The highest BCUT2D eigenvalue weighted by molar-refractivity contribution is 8.77. The summed E-state index contributed by atoms with van der Waals surface area (Å²) in [4.78, 5) is 0. The molecule has 11 heavy (non-hydrogen) atoms. The maximum absolute atomic E-state index is 5.38. The van der Waals surface area contributed by atoms with E-state index in [-0.39, 0.29) is 4.75 Å². The van der Waals surface area contributed by atoms with Crippen molar-refractivity contribution in [2.45, 2.75) is 25.5 Å². The van der Waals surface area contributed by atoms with Gasteiger partial charge >= 0.3 is 0 Å². The average Bonchev–Trinajstić information content (AvgIpc) is 1.88. The Kier molecular flexibility index (Phi) is 5.30. The molecule has 0 aliphatic carbocycles. The second-order valence-electron chi connectivity index (χ2n) is 2.98. The van der Waals surface area contributed by atoms with Gasteiger partial charge in [-0.1, -0.05) is 33.7 Å². The van der Waals surface area contributed by atoms with Crippen molar-refractivity contribution in [2.75, 3.05) is 12.3 Å². The summed E-state index contributed by atoms with van der Waals surface area (Å²) in [5, 5.41) is 0. The largest absolute Gasteiger partial charge is 0.330 e. The smallest absolute Gasteiger partial charge is 0.0410 e. The first-order valence-electron chi connectivity index (χ1n) is 3.67. The van der Waals surface area contributed by atoms with Crippen LogP contribution in [0, 0.1) is 0 Å². The van der Waals surface area contributed by atoms with Crippen molar-refractivity contribution < 1.29 is 0 Å². The van der Waals surface area contributed by atoms with Crippen molar-refractivity contribution in [3.8, 4) is 0 Å². The first kappa shape index (κ1) is 11.4. The molecule has 0 aliphatic heterocycles. The third kappa shape index (κ3) is 4.77. The lowest BCUT2D eigenvalue weighted by molar-refractivity contribution is 0.844. The molecule has 0 aliphatic rings. The molecule has 0 spiro atoms. The van der Waals surface area contributed by atoms with E-state index in [9.17, 15) is 0 Å². The molecule has 0 saturated carbocycles. The Morgan fingerprint density at radius 3 is 2.45 bits per heavy atom. The fraction of sp³-hybridized carbons (Fsp3) is 0.750. The lowest BCUT2D eigenvalue weighted by atomic mass is 10.1. The lowest BCUT2D eigenvalue weighted by Crippen LogP contribution is -2.14. The van der Waals surface area contributed by atoms with Crippen LogP contribution in [0.2, 0.25) is 0 Å². The molecule has 0 atom stereocenters. The van der Waals surface area contributed by atoms with E-state index in [1.54, 1.807) is 0 Å². The summed E-state index contributed by atoms with van der Waals surface area (Å²) in [7, 11) is 3.67. The highest BCUT2D eigenvalue weighted by atomic mass is 33.1. The van der Waals surface area contributed by atoms with Gasteiger partial charge in [-0.15, -0.1) is 0 Å². The van der Waals surface area contributed by atoms with Crippen LogP contribution in [0.4, 0.5) is 0 Å². The van der Waals surface area contributed by atoms with Crippen LogP contribution in [0.3, 0.4) is 0 Å². The molecule has 0 radical (unpaired) electrons. The molecule has 1 nitrogen and oxygen atoms in total. The normalized spacial score (nSPS) is 11.6. The third-order valence-electron chi connectivity index (χ3n) is 1.50. The van der Waals surface area contributed by atoms with E-state index in [2.05, 4.69) is 27.4 Å². The van der Waals surface area contributed by atoms with E-state index in [4.69, 9.17) is 5.73 Å². The fourth-order valence-electron chi connectivity index (χ4n) is 0.308. The molecule has 0 unspecified atom stereocenters. The summed E-state index contributed by atoms with van der Waals surface area (Å²) in [5.74, 6) is 1.02. The first-order chi connectivity index (χ1) is 5.00. The minimum Gasteiger partial charge on any atom is -0.330 e.